The fraction of sp³-hybridized carbons (Fsp3) is 0.133. The molecule has 0 bridgehead atoms. The molecule has 0 aromatic carbocycles. The first kappa shape index (κ1) is 16.8. The fourth-order valence-corrected chi connectivity index (χ4v) is 6.27. The van der Waals surface area contributed by atoms with Crippen molar-refractivity contribution >= 4 is 48.6 Å². The second kappa shape index (κ2) is 7.23. The molecule has 0 amide bonds. The third kappa shape index (κ3) is 4.07. The van der Waals surface area contributed by atoms with Gasteiger partial charge in [-0.3, -0.25) is 4.98 Å². The van der Waals surface area contributed by atoms with Crippen LogP contribution in [0.5, 0.6) is 0 Å². The topological polar surface area (TPSA) is 50.3 Å². The Morgan fingerprint density at radius 3 is 2.61 bits per heavy atom. The molecule has 0 aliphatic carbocycles. The van der Waals surface area contributed by atoms with Gasteiger partial charge >= 0.3 is 0 Å². The summed E-state index contributed by atoms with van der Waals surface area (Å²) >= 11 is 6.10. The Balaban J connectivity index is 1.93. The van der Waals surface area contributed by atoms with E-state index < -0.39 is 10.0 Å². The van der Waals surface area contributed by atoms with Crippen LogP contribution in [0.15, 0.2) is 61.4 Å². The van der Waals surface area contributed by atoms with Gasteiger partial charge in [0.05, 0.1) is 16.0 Å². The summed E-state index contributed by atoms with van der Waals surface area (Å²) in [6.45, 7) is 0.576. The molecule has 120 valence electrons. The number of halogens is 1. The highest BCUT2D eigenvalue weighted by atomic mass is 79.9. The molecule has 0 aliphatic heterocycles. The molecule has 23 heavy (non-hydrogen) atoms. The SMILES string of the molecule is O=S(=O)(c1ccc(Br)s1)N(Cc1ccsc1)Cc1ccccn1. The second-order valence-corrected chi connectivity index (χ2v) is 10.2. The summed E-state index contributed by atoms with van der Waals surface area (Å²) in [5.41, 5.74) is 1.70. The smallest absolute Gasteiger partial charge is 0.253 e. The number of pyridine rings is 1. The van der Waals surface area contributed by atoms with Crippen LogP contribution in [0.25, 0.3) is 0 Å². The molecule has 0 atom stereocenters. The van der Waals surface area contributed by atoms with E-state index in [9.17, 15) is 8.42 Å². The van der Waals surface area contributed by atoms with E-state index >= 15 is 0 Å². The lowest BCUT2D eigenvalue weighted by Gasteiger charge is -2.20. The average molecular weight is 429 g/mol. The molecule has 3 aromatic rings. The van der Waals surface area contributed by atoms with E-state index in [1.807, 2.05) is 35.0 Å². The minimum absolute atomic E-state index is 0.245. The maximum Gasteiger partial charge on any atom is 0.253 e. The van der Waals surface area contributed by atoms with E-state index in [1.54, 1.807) is 29.7 Å². The van der Waals surface area contributed by atoms with Crippen LogP contribution in [0, 0.1) is 0 Å². The van der Waals surface area contributed by atoms with Crippen molar-refractivity contribution in [3.63, 3.8) is 0 Å². The number of nitrogens with zero attached hydrogens (tertiary/aromatic N) is 2. The summed E-state index contributed by atoms with van der Waals surface area (Å²) in [4.78, 5) is 4.25. The van der Waals surface area contributed by atoms with Gasteiger partial charge in [0.15, 0.2) is 0 Å². The standard InChI is InChI=1S/C15H13BrN2O2S3/c16-14-4-5-15(22-14)23(19,20)18(9-12-6-8-21-11-12)10-13-3-1-2-7-17-13/h1-8,11H,9-10H2. The van der Waals surface area contributed by atoms with Gasteiger partial charge in [0.25, 0.3) is 10.0 Å². The summed E-state index contributed by atoms with van der Waals surface area (Å²) in [5, 5.41) is 3.91. The van der Waals surface area contributed by atoms with Gasteiger partial charge < -0.3 is 0 Å². The monoisotopic (exact) mass is 428 g/mol. The van der Waals surface area contributed by atoms with Crippen molar-refractivity contribution < 1.29 is 8.42 Å². The van der Waals surface area contributed by atoms with E-state index in [2.05, 4.69) is 20.9 Å². The first-order valence-electron chi connectivity index (χ1n) is 6.72. The predicted molar refractivity (Wildman–Crippen MR) is 97.0 cm³/mol. The quantitative estimate of drug-likeness (QED) is 0.585. The van der Waals surface area contributed by atoms with Crippen molar-refractivity contribution in [3.8, 4) is 0 Å². The zero-order valence-electron chi connectivity index (χ0n) is 11.9. The normalized spacial score (nSPS) is 11.9. The van der Waals surface area contributed by atoms with Gasteiger partial charge in [-0.1, -0.05) is 6.07 Å². The number of sulfonamides is 1. The van der Waals surface area contributed by atoms with Crippen LogP contribution in [0.3, 0.4) is 0 Å². The van der Waals surface area contributed by atoms with Gasteiger partial charge in [0, 0.05) is 12.7 Å². The van der Waals surface area contributed by atoms with Crippen molar-refractivity contribution in [3.05, 3.63) is 68.4 Å². The average Bonchev–Trinajstić information content (AvgIpc) is 3.19. The van der Waals surface area contributed by atoms with Gasteiger partial charge in [0.2, 0.25) is 0 Å². The molecule has 0 unspecified atom stereocenters. The molecule has 8 heteroatoms. The molecule has 3 aromatic heterocycles. The minimum Gasteiger partial charge on any atom is -0.260 e. The van der Waals surface area contributed by atoms with Crippen LogP contribution in [-0.2, 0) is 23.1 Å². The highest BCUT2D eigenvalue weighted by molar-refractivity contribution is 9.11. The highest BCUT2D eigenvalue weighted by Gasteiger charge is 2.27. The molecule has 0 fully saturated rings. The minimum atomic E-state index is -3.57. The van der Waals surface area contributed by atoms with Crippen molar-refractivity contribution in [2.75, 3.05) is 0 Å². The zero-order chi connectivity index (χ0) is 16.3. The Bertz CT molecular complexity index is 861. The van der Waals surface area contributed by atoms with Gasteiger partial charge in [-0.25, -0.2) is 8.42 Å². The lowest BCUT2D eigenvalue weighted by atomic mass is 10.3. The number of hydrogen-bond donors (Lipinski definition) is 0. The van der Waals surface area contributed by atoms with Crippen LogP contribution < -0.4 is 0 Å². The molecule has 0 spiro atoms. The Labute approximate surface area is 151 Å². The lowest BCUT2D eigenvalue weighted by Crippen LogP contribution is -2.30. The fourth-order valence-electron chi connectivity index (χ4n) is 2.05. The molecule has 0 radical (unpaired) electrons. The second-order valence-electron chi connectivity index (χ2n) is 4.78. The van der Waals surface area contributed by atoms with Crippen LogP contribution in [0.2, 0.25) is 0 Å². The Morgan fingerprint density at radius 1 is 1.13 bits per heavy atom. The van der Waals surface area contributed by atoms with Crippen LogP contribution >= 0.6 is 38.6 Å². The van der Waals surface area contributed by atoms with Gasteiger partial charge in [-0.2, -0.15) is 15.6 Å². The number of rotatable bonds is 6. The van der Waals surface area contributed by atoms with E-state index in [4.69, 9.17) is 0 Å². The van der Waals surface area contributed by atoms with E-state index in [0.29, 0.717) is 10.8 Å². The van der Waals surface area contributed by atoms with Crippen LogP contribution in [-0.4, -0.2) is 17.7 Å². The Morgan fingerprint density at radius 2 is 2.00 bits per heavy atom. The third-order valence-electron chi connectivity index (χ3n) is 3.15. The molecular weight excluding hydrogens is 416 g/mol. The zero-order valence-corrected chi connectivity index (χ0v) is 16.0. The van der Waals surface area contributed by atoms with E-state index in [0.717, 1.165) is 15.0 Å². The highest BCUT2D eigenvalue weighted by Crippen LogP contribution is 2.30. The third-order valence-corrected chi connectivity index (χ3v) is 7.76. The largest absolute Gasteiger partial charge is 0.260 e. The first-order valence-corrected chi connectivity index (χ1v) is 10.7. The summed E-state index contributed by atoms with van der Waals surface area (Å²) in [6, 6.07) is 10.8. The van der Waals surface area contributed by atoms with Gasteiger partial charge in [-0.05, 0) is 62.6 Å². The molecule has 0 N–H and O–H groups in total. The van der Waals surface area contributed by atoms with Crippen molar-refractivity contribution in [1.82, 2.24) is 9.29 Å². The van der Waals surface area contributed by atoms with Crippen LogP contribution in [0.1, 0.15) is 11.3 Å². The maximum atomic E-state index is 13.0. The molecule has 0 saturated heterocycles. The molecule has 3 heterocycles. The molecule has 0 saturated carbocycles. The Hall–Kier alpha value is -1.06. The lowest BCUT2D eigenvalue weighted by molar-refractivity contribution is 0.398. The van der Waals surface area contributed by atoms with Gasteiger partial charge in [-0.15, -0.1) is 11.3 Å². The van der Waals surface area contributed by atoms with Crippen LogP contribution in [0.4, 0.5) is 0 Å². The predicted octanol–water partition coefficient (Wildman–Crippen LogP) is 4.36. The van der Waals surface area contributed by atoms with E-state index in [1.165, 1.54) is 15.6 Å². The molecule has 4 nitrogen and oxygen atoms in total. The number of aromatic nitrogens is 1. The summed E-state index contributed by atoms with van der Waals surface area (Å²) in [6.07, 6.45) is 1.67. The molecular formula is C15H13BrN2O2S3. The maximum absolute atomic E-state index is 13.0. The number of thiophene rings is 2. The van der Waals surface area contributed by atoms with Crippen molar-refractivity contribution in [1.29, 1.82) is 0 Å². The molecule has 0 aliphatic rings. The number of hydrogen-bond acceptors (Lipinski definition) is 5. The van der Waals surface area contributed by atoms with E-state index in [-0.39, 0.29) is 6.54 Å². The van der Waals surface area contributed by atoms with Crippen molar-refractivity contribution in [2.24, 2.45) is 0 Å². The Kier molecular flexibility index (Phi) is 5.27. The summed E-state index contributed by atoms with van der Waals surface area (Å²) in [7, 11) is -3.57. The van der Waals surface area contributed by atoms with Crippen molar-refractivity contribution in [2.45, 2.75) is 17.3 Å². The van der Waals surface area contributed by atoms with Gasteiger partial charge in [0.1, 0.15) is 4.21 Å². The summed E-state index contributed by atoms with van der Waals surface area (Å²) < 4.78 is 28.5. The molecule has 3 rings (SSSR count). The summed E-state index contributed by atoms with van der Waals surface area (Å²) in [5.74, 6) is 0. The first-order chi connectivity index (χ1) is 11.1.